The number of hydroxylamine groups is 1. The lowest BCUT2D eigenvalue weighted by Gasteiger charge is -2.26. The predicted molar refractivity (Wildman–Crippen MR) is 109 cm³/mol. The van der Waals surface area contributed by atoms with Gasteiger partial charge in [-0.05, 0) is 48.9 Å². The van der Waals surface area contributed by atoms with Crippen molar-refractivity contribution in [2.45, 2.75) is 39.0 Å². The topological polar surface area (TPSA) is 51.1 Å². The highest BCUT2D eigenvalue weighted by Gasteiger charge is 2.25. The van der Waals surface area contributed by atoms with Gasteiger partial charge in [0.2, 0.25) is 0 Å². The van der Waals surface area contributed by atoms with Crippen LogP contribution in [0.5, 0.6) is 5.75 Å². The molecule has 0 N–H and O–H groups in total. The summed E-state index contributed by atoms with van der Waals surface area (Å²) in [6.07, 6.45) is 5.27. The van der Waals surface area contributed by atoms with Gasteiger partial charge in [0.1, 0.15) is 5.75 Å². The van der Waals surface area contributed by atoms with Crippen LogP contribution in [-0.4, -0.2) is 24.1 Å². The Hall–Kier alpha value is -2.10. The first-order chi connectivity index (χ1) is 13.1. The number of hydrazone groups is 1. The Kier molecular flexibility index (Phi) is 6.70. The third-order valence-corrected chi connectivity index (χ3v) is 5.39. The van der Waals surface area contributed by atoms with E-state index in [1.807, 2.05) is 18.2 Å². The van der Waals surface area contributed by atoms with Gasteiger partial charge in [-0.2, -0.15) is 14.9 Å². The average molecular weight is 386 g/mol. The van der Waals surface area contributed by atoms with Crippen LogP contribution >= 0.6 is 7.60 Å². The van der Waals surface area contributed by atoms with E-state index in [9.17, 15) is 4.57 Å². The number of para-hydroxylation sites is 1. The minimum Gasteiger partial charge on any atom is -0.423 e. The third-order valence-electron chi connectivity index (χ3n) is 4.36. The summed E-state index contributed by atoms with van der Waals surface area (Å²) in [4.78, 5) is 0. The summed E-state index contributed by atoms with van der Waals surface area (Å²) in [5.74, 6) is 0.521. The van der Waals surface area contributed by atoms with Gasteiger partial charge in [-0.3, -0.25) is 0 Å². The van der Waals surface area contributed by atoms with Crippen molar-refractivity contribution in [1.82, 2.24) is 5.17 Å². The molecular weight excluding hydrogens is 359 g/mol. The van der Waals surface area contributed by atoms with Crippen molar-refractivity contribution in [3.8, 4) is 5.75 Å². The van der Waals surface area contributed by atoms with E-state index < -0.39 is 7.60 Å². The van der Waals surface area contributed by atoms with Crippen LogP contribution in [0.3, 0.4) is 0 Å². The van der Waals surface area contributed by atoms with Crippen LogP contribution in [-0.2, 0) is 15.6 Å². The van der Waals surface area contributed by atoms with Gasteiger partial charge in [-0.15, -0.1) is 0 Å². The second kappa shape index (κ2) is 9.20. The van der Waals surface area contributed by atoms with Crippen LogP contribution in [0.1, 0.15) is 43.7 Å². The predicted octanol–water partition coefficient (Wildman–Crippen LogP) is 5.66. The van der Waals surface area contributed by atoms with E-state index in [0.29, 0.717) is 12.3 Å². The molecule has 1 aliphatic heterocycles. The molecule has 1 atom stereocenters. The molecule has 0 aromatic heterocycles. The van der Waals surface area contributed by atoms with Gasteiger partial charge in [-0.25, -0.2) is 4.57 Å². The highest BCUT2D eigenvalue weighted by molar-refractivity contribution is 7.53. The van der Waals surface area contributed by atoms with E-state index in [2.05, 4.69) is 36.3 Å². The average Bonchev–Trinajstić information content (AvgIpc) is 2.67. The SMILES string of the molecule is CCCCc1ccc(C2=NN(OP(C)(=O)Oc3ccccc3)CCC2)cc1. The summed E-state index contributed by atoms with van der Waals surface area (Å²) in [6.45, 7) is 4.26. The lowest BCUT2D eigenvalue weighted by molar-refractivity contribution is -0.0671. The van der Waals surface area contributed by atoms with Gasteiger partial charge >= 0.3 is 7.60 Å². The van der Waals surface area contributed by atoms with Gasteiger partial charge in [0.15, 0.2) is 0 Å². The monoisotopic (exact) mass is 386 g/mol. The van der Waals surface area contributed by atoms with Gasteiger partial charge in [0.25, 0.3) is 0 Å². The molecule has 1 heterocycles. The van der Waals surface area contributed by atoms with Crippen molar-refractivity contribution in [3.63, 3.8) is 0 Å². The summed E-state index contributed by atoms with van der Waals surface area (Å²) in [7, 11) is -3.30. The molecule has 6 heteroatoms. The third kappa shape index (κ3) is 5.95. The molecule has 0 saturated heterocycles. The summed E-state index contributed by atoms with van der Waals surface area (Å²) >= 11 is 0. The van der Waals surface area contributed by atoms with Crippen molar-refractivity contribution >= 4 is 13.3 Å². The second-order valence-electron chi connectivity index (χ2n) is 6.78. The van der Waals surface area contributed by atoms with Gasteiger partial charge < -0.3 is 4.52 Å². The maximum Gasteiger partial charge on any atom is 0.398 e. The van der Waals surface area contributed by atoms with Crippen LogP contribution in [0.4, 0.5) is 0 Å². The van der Waals surface area contributed by atoms with E-state index in [1.54, 1.807) is 12.1 Å². The largest absolute Gasteiger partial charge is 0.423 e. The van der Waals surface area contributed by atoms with Crippen molar-refractivity contribution in [1.29, 1.82) is 0 Å². The van der Waals surface area contributed by atoms with E-state index in [-0.39, 0.29) is 0 Å². The van der Waals surface area contributed by atoms with Crippen molar-refractivity contribution in [2.75, 3.05) is 13.2 Å². The molecule has 0 bridgehead atoms. The Balaban J connectivity index is 1.66. The number of benzene rings is 2. The fourth-order valence-corrected chi connectivity index (χ4v) is 3.98. The molecule has 1 aliphatic rings. The maximum atomic E-state index is 12.7. The zero-order valence-corrected chi connectivity index (χ0v) is 16.9. The fourth-order valence-electron chi connectivity index (χ4n) is 2.98. The Morgan fingerprint density at radius 2 is 1.85 bits per heavy atom. The molecule has 3 rings (SSSR count). The summed E-state index contributed by atoms with van der Waals surface area (Å²) in [5.41, 5.74) is 3.38. The molecule has 0 saturated carbocycles. The van der Waals surface area contributed by atoms with Crippen LogP contribution in [0, 0.1) is 0 Å². The minimum absolute atomic E-state index is 0.521. The summed E-state index contributed by atoms with van der Waals surface area (Å²) in [6, 6.07) is 17.6. The minimum atomic E-state index is -3.30. The lowest BCUT2D eigenvalue weighted by atomic mass is 10.0. The number of nitrogens with zero attached hydrogens (tertiary/aromatic N) is 2. The number of aryl methyl sites for hydroxylation is 1. The smallest absolute Gasteiger partial charge is 0.398 e. The first-order valence-corrected chi connectivity index (χ1v) is 11.5. The van der Waals surface area contributed by atoms with Gasteiger partial charge in [-0.1, -0.05) is 55.8 Å². The molecule has 5 nitrogen and oxygen atoms in total. The Morgan fingerprint density at radius 3 is 2.56 bits per heavy atom. The second-order valence-corrected chi connectivity index (χ2v) is 8.67. The maximum absolute atomic E-state index is 12.7. The molecule has 2 aromatic rings. The molecule has 27 heavy (non-hydrogen) atoms. The molecule has 2 aromatic carbocycles. The summed E-state index contributed by atoms with van der Waals surface area (Å²) < 4.78 is 23.8. The highest BCUT2D eigenvalue weighted by Crippen LogP contribution is 2.45. The molecule has 1 unspecified atom stereocenters. The van der Waals surface area contributed by atoms with Crippen LogP contribution < -0.4 is 4.52 Å². The van der Waals surface area contributed by atoms with Gasteiger partial charge in [0, 0.05) is 0 Å². The first kappa shape index (κ1) is 19.7. The standard InChI is InChI=1S/C21H27N2O3P/c1-3-4-9-18-13-15-19(16-14-18)21-12-8-17-23(22-21)26-27(2,24)25-20-10-6-5-7-11-20/h5-7,10-11,13-16H,3-4,8-9,12,17H2,1-2H3. The molecular formula is C21H27N2O3P. The number of rotatable bonds is 8. The van der Waals surface area contributed by atoms with Crippen LogP contribution in [0.25, 0.3) is 0 Å². The van der Waals surface area contributed by atoms with Gasteiger partial charge in [0.05, 0.1) is 18.9 Å². The Labute approximate surface area is 161 Å². The van der Waals surface area contributed by atoms with Crippen molar-refractivity contribution in [3.05, 3.63) is 65.7 Å². The number of hydrogen-bond donors (Lipinski definition) is 0. The molecule has 144 valence electrons. The fraction of sp³-hybridized carbons (Fsp3) is 0.381. The van der Waals surface area contributed by atoms with Crippen molar-refractivity contribution in [2.24, 2.45) is 5.10 Å². The van der Waals surface area contributed by atoms with E-state index in [4.69, 9.17) is 9.15 Å². The van der Waals surface area contributed by atoms with E-state index in [0.717, 1.165) is 30.5 Å². The molecule has 0 fully saturated rings. The highest BCUT2D eigenvalue weighted by atomic mass is 31.2. The van der Waals surface area contributed by atoms with E-state index in [1.165, 1.54) is 30.2 Å². The zero-order valence-electron chi connectivity index (χ0n) is 16.0. The lowest BCUT2D eigenvalue weighted by Crippen LogP contribution is -2.26. The van der Waals surface area contributed by atoms with E-state index >= 15 is 0 Å². The molecule has 0 amide bonds. The number of hydrogen-bond acceptors (Lipinski definition) is 5. The molecule has 0 radical (unpaired) electrons. The first-order valence-electron chi connectivity index (χ1n) is 9.52. The quantitative estimate of drug-likeness (QED) is 0.549. The Bertz CT molecular complexity index is 806. The van der Waals surface area contributed by atoms with Crippen LogP contribution in [0.15, 0.2) is 59.7 Å². The Morgan fingerprint density at radius 1 is 1.11 bits per heavy atom. The number of unbranched alkanes of at least 4 members (excludes halogenated alkanes) is 1. The summed E-state index contributed by atoms with van der Waals surface area (Å²) in [5, 5.41) is 5.96. The molecule has 0 spiro atoms. The zero-order chi connectivity index (χ0) is 19.1. The van der Waals surface area contributed by atoms with Crippen LogP contribution in [0.2, 0.25) is 0 Å². The normalized spacial score (nSPS) is 16.5. The van der Waals surface area contributed by atoms with Crippen molar-refractivity contribution < 1.29 is 13.7 Å². The molecule has 0 aliphatic carbocycles.